The van der Waals surface area contributed by atoms with Gasteiger partial charge in [0.05, 0.1) is 5.92 Å². The van der Waals surface area contributed by atoms with E-state index in [0.717, 1.165) is 42.6 Å². The second-order valence-electron chi connectivity index (χ2n) is 7.28. The Labute approximate surface area is 144 Å². The molecule has 2 heterocycles. The van der Waals surface area contributed by atoms with Crippen LogP contribution in [0.1, 0.15) is 50.2 Å². The second-order valence-corrected chi connectivity index (χ2v) is 7.28. The summed E-state index contributed by atoms with van der Waals surface area (Å²) in [6.45, 7) is 7.58. The minimum atomic E-state index is -0.190. The quantitative estimate of drug-likeness (QED) is 0.853. The van der Waals surface area contributed by atoms with E-state index in [-0.39, 0.29) is 17.7 Å². The van der Waals surface area contributed by atoms with Crippen molar-refractivity contribution >= 4 is 17.5 Å². The Morgan fingerprint density at radius 1 is 1.25 bits per heavy atom. The minimum absolute atomic E-state index is 0.0760. The van der Waals surface area contributed by atoms with E-state index in [0.29, 0.717) is 19.0 Å². The van der Waals surface area contributed by atoms with E-state index in [2.05, 4.69) is 19.1 Å². The van der Waals surface area contributed by atoms with Crippen LogP contribution in [-0.2, 0) is 9.59 Å². The number of hydrogen-bond acceptors (Lipinski definition) is 2. The molecule has 4 nitrogen and oxygen atoms in total. The summed E-state index contributed by atoms with van der Waals surface area (Å²) in [6, 6.07) is 6.51. The number of carbonyl (C=O) groups excluding carboxylic acids is 2. The number of amides is 2. The van der Waals surface area contributed by atoms with Crippen molar-refractivity contribution in [1.29, 1.82) is 0 Å². The summed E-state index contributed by atoms with van der Waals surface area (Å²) < 4.78 is 0. The van der Waals surface area contributed by atoms with Gasteiger partial charge in [-0.1, -0.05) is 19.1 Å². The molecule has 0 aromatic heterocycles. The van der Waals surface area contributed by atoms with E-state index in [1.807, 2.05) is 29.7 Å². The molecule has 3 rings (SSSR count). The minimum Gasteiger partial charge on any atom is -0.339 e. The summed E-state index contributed by atoms with van der Waals surface area (Å²) in [5, 5.41) is 0. The lowest BCUT2D eigenvalue weighted by molar-refractivity contribution is -0.139. The average Bonchev–Trinajstić information content (AvgIpc) is 2.98. The zero-order valence-electron chi connectivity index (χ0n) is 15.0. The van der Waals surface area contributed by atoms with Crippen LogP contribution in [0.4, 0.5) is 5.69 Å². The van der Waals surface area contributed by atoms with Crippen molar-refractivity contribution in [3.8, 4) is 0 Å². The van der Waals surface area contributed by atoms with Gasteiger partial charge >= 0.3 is 0 Å². The third kappa shape index (κ3) is 3.19. The highest BCUT2D eigenvalue weighted by atomic mass is 16.2. The van der Waals surface area contributed by atoms with Crippen molar-refractivity contribution in [2.75, 3.05) is 18.0 Å². The number of piperidine rings is 1. The SMILES string of the molecule is CCC1CCCCN1C(=O)C1CC(=O)N(c2cc(C)ccc2C)C1. The number of carbonyl (C=O) groups is 2. The van der Waals surface area contributed by atoms with Gasteiger partial charge in [-0.25, -0.2) is 0 Å². The van der Waals surface area contributed by atoms with Crippen molar-refractivity contribution < 1.29 is 9.59 Å². The van der Waals surface area contributed by atoms with Gasteiger partial charge in [0.2, 0.25) is 11.8 Å². The summed E-state index contributed by atoms with van der Waals surface area (Å²) in [4.78, 5) is 29.4. The third-order valence-electron chi connectivity index (χ3n) is 5.51. The van der Waals surface area contributed by atoms with Crippen LogP contribution < -0.4 is 4.90 Å². The number of aryl methyl sites for hydroxylation is 2. The van der Waals surface area contributed by atoms with Crippen molar-refractivity contribution in [2.45, 2.75) is 58.9 Å². The number of nitrogens with zero attached hydrogens (tertiary/aromatic N) is 2. The normalized spacial score (nSPS) is 24.5. The molecule has 2 amide bonds. The topological polar surface area (TPSA) is 40.6 Å². The number of benzene rings is 1. The van der Waals surface area contributed by atoms with Gasteiger partial charge in [-0.15, -0.1) is 0 Å². The first kappa shape index (κ1) is 17.0. The molecule has 0 radical (unpaired) electrons. The number of rotatable bonds is 3. The maximum Gasteiger partial charge on any atom is 0.228 e. The Kier molecular flexibility index (Phi) is 4.93. The van der Waals surface area contributed by atoms with Gasteiger partial charge in [0.1, 0.15) is 0 Å². The molecule has 0 aliphatic carbocycles. The predicted octanol–water partition coefficient (Wildman–Crippen LogP) is 3.45. The summed E-state index contributed by atoms with van der Waals surface area (Å²) in [5.74, 6) is 0.0689. The van der Waals surface area contributed by atoms with Crippen molar-refractivity contribution in [1.82, 2.24) is 4.90 Å². The standard InChI is InChI=1S/C20H28N2O2/c1-4-17-7-5-6-10-21(17)20(24)16-12-19(23)22(13-16)18-11-14(2)8-9-15(18)3/h8-9,11,16-17H,4-7,10,12-13H2,1-3H3. The van der Waals surface area contributed by atoms with Gasteiger partial charge in [-0.2, -0.15) is 0 Å². The fourth-order valence-corrected chi connectivity index (χ4v) is 4.07. The molecule has 2 aliphatic heterocycles. The molecule has 0 saturated carbocycles. The van der Waals surface area contributed by atoms with Gasteiger partial charge in [0.15, 0.2) is 0 Å². The Morgan fingerprint density at radius 2 is 2.04 bits per heavy atom. The molecule has 2 atom stereocenters. The Bertz CT molecular complexity index is 641. The van der Waals surface area contributed by atoms with E-state index in [1.165, 1.54) is 6.42 Å². The maximum absolute atomic E-state index is 13.0. The van der Waals surface area contributed by atoms with Crippen LogP contribution in [0.15, 0.2) is 18.2 Å². The first-order valence-electron chi connectivity index (χ1n) is 9.19. The van der Waals surface area contributed by atoms with Gasteiger partial charge < -0.3 is 9.80 Å². The number of hydrogen-bond donors (Lipinski definition) is 0. The van der Waals surface area contributed by atoms with Crippen molar-refractivity contribution in [2.24, 2.45) is 5.92 Å². The third-order valence-corrected chi connectivity index (χ3v) is 5.51. The first-order chi connectivity index (χ1) is 11.5. The molecule has 130 valence electrons. The predicted molar refractivity (Wildman–Crippen MR) is 96.0 cm³/mol. The molecule has 0 spiro atoms. The molecule has 24 heavy (non-hydrogen) atoms. The highest BCUT2D eigenvalue weighted by Crippen LogP contribution is 2.31. The first-order valence-corrected chi connectivity index (χ1v) is 9.19. The monoisotopic (exact) mass is 328 g/mol. The Morgan fingerprint density at radius 3 is 2.79 bits per heavy atom. The number of anilines is 1. The molecule has 2 unspecified atom stereocenters. The smallest absolute Gasteiger partial charge is 0.228 e. The van der Waals surface area contributed by atoms with Crippen LogP contribution in [0.3, 0.4) is 0 Å². The Balaban J connectivity index is 1.76. The lowest BCUT2D eigenvalue weighted by Crippen LogP contribution is -2.46. The van der Waals surface area contributed by atoms with Crippen LogP contribution in [0.25, 0.3) is 0 Å². The zero-order chi connectivity index (χ0) is 17.3. The van der Waals surface area contributed by atoms with Gasteiger partial charge in [0.25, 0.3) is 0 Å². The lowest BCUT2D eigenvalue weighted by atomic mass is 9.97. The van der Waals surface area contributed by atoms with Crippen LogP contribution >= 0.6 is 0 Å². The second kappa shape index (κ2) is 6.96. The fourth-order valence-electron chi connectivity index (χ4n) is 4.07. The van der Waals surface area contributed by atoms with E-state index in [9.17, 15) is 9.59 Å². The summed E-state index contributed by atoms with van der Waals surface area (Å²) in [7, 11) is 0. The molecule has 2 aliphatic rings. The highest BCUT2D eigenvalue weighted by molar-refractivity contribution is 6.01. The van der Waals surface area contributed by atoms with E-state index >= 15 is 0 Å². The molecular weight excluding hydrogens is 300 g/mol. The lowest BCUT2D eigenvalue weighted by Gasteiger charge is -2.36. The molecule has 2 saturated heterocycles. The Hall–Kier alpha value is -1.84. The summed E-state index contributed by atoms with van der Waals surface area (Å²) in [5.41, 5.74) is 3.19. The fraction of sp³-hybridized carbons (Fsp3) is 0.600. The van der Waals surface area contributed by atoms with Crippen LogP contribution in [0, 0.1) is 19.8 Å². The molecule has 4 heteroatoms. The van der Waals surface area contributed by atoms with Gasteiger partial charge in [-0.3, -0.25) is 9.59 Å². The van der Waals surface area contributed by atoms with Crippen LogP contribution in [0.2, 0.25) is 0 Å². The number of likely N-dealkylation sites (tertiary alicyclic amines) is 1. The zero-order valence-corrected chi connectivity index (χ0v) is 15.0. The molecule has 1 aromatic carbocycles. The van der Waals surface area contributed by atoms with E-state index in [1.54, 1.807) is 0 Å². The van der Waals surface area contributed by atoms with E-state index in [4.69, 9.17) is 0 Å². The molecule has 1 aromatic rings. The van der Waals surface area contributed by atoms with Crippen LogP contribution in [-0.4, -0.2) is 35.8 Å². The summed E-state index contributed by atoms with van der Waals surface area (Å²) >= 11 is 0. The molecule has 0 N–H and O–H groups in total. The molecule has 0 bridgehead atoms. The van der Waals surface area contributed by atoms with Crippen molar-refractivity contribution in [3.05, 3.63) is 29.3 Å². The van der Waals surface area contributed by atoms with Gasteiger partial charge in [0, 0.05) is 31.2 Å². The van der Waals surface area contributed by atoms with E-state index < -0.39 is 0 Å². The average molecular weight is 328 g/mol. The van der Waals surface area contributed by atoms with Crippen molar-refractivity contribution in [3.63, 3.8) is 0 Å². The summed E-state index contributed by atoms with van der Waals surface area (Å²) in [6.07, 6.45) is 4.75. The molecular formula is C20H28N2O2. The largest absolute Gasteiger partial charge is 0.339 e. The molecule has 2 fully saturated rings. The van der Waals surface area contributed by atoms with Crippen LogP contribution in [0.5, 0.6) is 0 Å². The van der Waals surface area contributed by atoms with Gasteiger partial charge in [-0.05, 0) is 56.7 Å². The maximum atomic E-state index is 13.0. The highest BCUT2D eigenvalue weighted by Gasteiger charge is 2.39.